The fraction of sp³-hybridized carbons (Fsp3) is 0.176. The molecule has 1 aliphatic heterocycles. The first kappa shape index (κ1) is 13.6. The van der Waals surface area contributed by atoms with Crippen molar-refractivity contribution in [3.05, 3.63) is 54.4 Å². The zero-order valence-electron chi connectivity index (χ0n) is 12.5. The zero-order chi connectivity index (χ0) is 15.6. The van der Waals surface area contributed by atoms with E-state index < -0.39 is 0 Å². The molecule has 6 heteroatoms. The van der Waals surface area contributed by atoms with Crippen molar-refractivity contribution >= 4 is 6.41 Å². The smallest absolute Gasteiger partial charge is 0.210 e. The Labute approximate surface area is 133 Å². The number of rotatable bonds is 3. The summed E-state index contributed by atoms with van der Waals surface area (Å²) in [5.41, 5.74) is 2.77. The highest BCUT2D eigenvalue weighted by Crippen LogP contribution is 2.23. The minimum Gasteiger partial charge on any atom is -0.336 e. The van der Waals surface area contributed by atoms with Gasteiger partial charge in [-0.15, -0.1) is 10.2 Å². The standard InChI is InChI=1S/C17H15N5O/c23-12-21-9-10-22-16(11-21)19-20-17(22)15-8-4-7-14(18-15)13-5-2-1-3-6-13/h1-8,12H,9-11H2. The summed E-state index contributed by atoms with van der Waals surface area (Å²) in [6, 6.07) is 16.0. The Hall–Kier alpha value is -3.02. The van der Waals surface area contributed by atoms with Gasteiger partial charge in [-0.2, -0.15) is 0 Å². The molecule has 0 fully saturated rings. The van der Waals surface area contributed by atoms with Gasteiger partial charge in [0.2, 0.25) is 6.41 Å². The largest absolute Gasteiger partial charge is 0.336 e. The van der Waals surface area contributed by atoms with Gasteiger partial charge in [-0.05, 0) is 12.1 Å². The van der Waals surface area contributed by atoms with Crippen molar-refractivity contribution < 1.29 is 4.79 Å². The molecule has 114 valence electrons. The van der Waals surface area contributed by atoms with Gasteiger partial charge in [0, 0.05) is 18.7 Å². The minimum atomic E-state index is 0.495. The first-order chi connectivity index (χ1) is 11.3. The first-order valence-electron chi connectivity index (χ1n) is 7.49. The zero-order valence-corrected chi connectivity index (χ0v) is 12.5. The number of amides is 1. The third kappa shape index (κ3) is 2.48. The molecule has 0 unspecified atom stereocenters. The lowest BCUT2D eigenvalue weighted by Crippen LogP contribution is -2.32. The average molecular weight is 305 g/mol. The van der Waals surface area contributed by atoms with E-state index in [1.807, 2.05) is 53.1 Å². The van der Waals surface area contributed by atoms with Crippen molar-refractivity contribution in [3.63, 3.8) is 0 Å². The summed E-state index contributed by atoms with van der Waals surface area (Å²) in [4.78, 5) is 17.3. The number of nitrogens with zero attached hydrogens (tertiary/aromatic N) is 5. The number of fused-ring (bicyclic) bond motifs is 1. The number of pyridine rings is 1. The van der Waals surface area contributed by atoms with E-state index in [0.717, 1.165) is 35.0 Å². The van der Waals surface area contributed by atoms with Gasteiger partial charge in [-0.25, -0.2) is 4.98 Å². The van der Waals surface area contributed by atoms with Crippen LogP contribution in [-0.2, 0) is 17.9 Å². The van der Waals surface area contributed by atoms with Gasteiger partial charge in [0.05, 0.1) is 12.2 Å². The SMILES string of the molecule is O=CN1CCn2c(nnc2-c2cccc(-c3ccccc3)n2)C1. The molecule has 0 saturated heterocycles. The fourth-order valence-electron chi connectivity index (χ4n) is 2.78. The number of carbonyl (C=O) groups is 1. The third-order valence-corrected chi connectivity index (χ3v) is 3.98. The molecule has 3 heterocycles. The van der Waals surface area contributed by atoms with Gasteiger partial charge < -0.3 is 9.47 Å². The van der Waals surface area contributed by atoms with Crippen LogP contribution in [0.25, 0.3) is 22.8 Å². The summed E-state index contributed by atoms with van der Waals surface area (Å²) in [5, 5.41) is 8.49. The Kier molecular flexibility index (Phi) is 3.34. The lowest BCUT2D eigenvalue weighted by molar-refractivity contribution is -0.119. The van der Waals surface area contributed by atoms with Crippen LogP contribution in [0.15, 0.2) is 48.5 Å². The molecule has 2 aromatic heterocycles. The summed E-state index contributed by atoms with van der Waals surface area (Å²) in [7, 11) is 0. The van der Waals surface area contributed by atoms with E-state index in [1.165, 1.54) is 0 Å². The van der Waals surface area contributed by atoms with Crippen molar-refractivity contribution in [3.8, 4) is 22.8 Å². The van der Waals surface area contributed by atoms with E-state index in [2.05, 4.69) is 10.2 Å². The number of hydrogen-bond acceptors (Lipinski definition) is 4. The van der Waals surface area contributed by atoms with Crippen molar-refractivity contribution in [1.29, 1.82) is 0 Å². The maximum Gasteiger partial charge on any atom is 0.210 e. The summed E-state index contributed by atoms with van der Waals surface area (Å²) in [6.07, 6.45) is 0.853. The average Bonchev–Trinajstić information content (AvgIpc) is 3.05. The second kappa shape index (κ2) is 5.64. The van der Waals surface area contributed by atoms with Crippen LogP contribution in [0.5, 0.6) is 0 Å². The van der Waals surface area contributed by atoms with Crippen molar-refractivity contribution in [2.75, 3.05) is 6.54 Å². The first-order valence-corrected chi connectivity index (χ1v) is 7.49. The molecule has 0 radical (unpaired) electrons. The number of aromatic nitrogens is 4. The van der Waals surface area contributed by atoms with E-state index in [9.17, 15) is 4.79 Å². The van der Waals surface area contributed by atoms with Gasteiger partial charge in [-0.3, -0.25) is 4.79 Å². The van der Waals surface area contributed by atoms with Gasteiger partial charge >= 0.3 is 0 Å². The molecule has 4 rings (SSSR count). The molecular weight excluding hydrogens is 290 g/mol. The highest BCUT2D eigenvalue weighted by Gasteiger charge is 2.21. The van der Waals surface area contributed by atoms with Gasteiger partial charge in [0.25, 0.3) is 0 Å². The van der Waals surface area contributed by atoms with Crippen LogP contribution in [-0.4, -0.2) is 37.6 Å². The lowest BCUT2D eigenvalue weighted by Gasteiger charge is -2.23. The molecule has 0 bridgehead atoms. The van der Waals surface area contributed by atoms with Crippen LogP contribution in [0.1, 0.15) is 5.82 Å². The number of hydrogen-bond donors (Lipinski definition) is 0. The second-order valence-corrected chi connectivity index (χ2v) is 5.44. The molecule has 6 nitrogen and oxygen atoms in total. The van der Waals surface area contributed by atoms with E-state index in [4.69, 9.17) is 4.98 Å². The summed E-state index contributed by atoms with van der Waals surface area (Å²) >= 11 is 0. The van der Waals surface area contributed by atoms with E-state index in [-0.39, 0.29) is 0 Å². The molecule has 1 aliphatic rings. The molecule has 1 aromatic carbocycles. The molecule has 0 atom stereocenters. The Morgan fingerprint density at radius 2 is 1.74 bits per heavy atom. The third-order valence-electron chi connectivity index (χ3n) is 3.98. The second-order valence-electron chi connectivity index (χ2n) is 5.44. The van der Waals surface area contributed by atoms with Crippen molar-refractivity contribution in [2.24, 2.45) is 0 Å². The Bertz CT molecular complexity index is 843. The van der Waals surface area contributed by atoms with E-state index in [0.29, 0.717) is 19.6 Å². The molecule has 3 aromatic rings. The van der Waals surface area contributed by atoms with Gasteiger partial charge in [-0.1, -0.05) is 36.4 Å². The summed E-state index contributed by atoms with van der Waals surface area (Å²) < 4.78 is 2.04. The van der Waals surface area contributed by atoms with E-state index >= 15 is 0 Å². The topological polar surface area (TPSA) is 63.9 Å². The summed E-state index contributed by atoms with van der Waals surface area (Å²) in [6.45, 7) is 1.85. The number of benzene rings is 1. The number of carbonyl (C=O) groups excluding carboxylic acids is 1. The molecule has 1 amide bonds. The molecule has 0 aliphatic carbocycles. The predicted molar refractivity (Wildman–Crippen MR) is 85.2 cm³/mol. The van der Waals surface area contributed by atoms with Crippen LogP contribution in [0, 0.1) is 0 Å². The quantitative estimate of drug-likeness (QED) is 0.694. The maximum atomic E-state index is 10.9. The molecule has 23 heavy (non-hydrogen) atoms. The van der Waals surface area contributed by atoms with Gasteiger partial charge in [0.1, 0.15) is 5.69 Å². The monoisotopic (exact) mass is 305 g/mol. The minimum absolute atomic E-state index is 0.495. The Morgan fingerprint density at radius 3 is 2.57 bits per heavy atom. The summed E-state index contributed by atoms with van der Waals surface area (Å²) in [5.74, 6) is 1.55. The van der Waals surface area contributed by atoms with Gasteiger partial charge in [0.15, 0.2) is 11.6 Å². The molecule has 0 N–H and O–H groups in total. The van der Waals surface area contributed by atoms with Crippen molar-refractivity contribution in [1.82, 2.24) is 24.6 Å². The lowest BCUT2D eigenvalue weighted by atomic mass is 10.1. The molecule has 0 spiro atoms. The van der Waals surface area contributed by atoms with Crippen LogP contribution >= 0.6 is 0 Å². The van der Waals surface area contributed by atoms with Crippen molar-refractivity contribution in [2.45, 2.75) is 13.1 Å². The Balaban J connectivity index is 1.73. The maximum absolute atomic E-state index is 10.9. The normalized spacial score (nSPS) is 13.7. The fourth-order valence-corrected chi connectivity index (χ4v) is 2.78. The van der Waals surface area contributed by atoms with E-state index in [1.54, 1.807) is 4.90 Å². The highest BCUT2D eigenvalue weighted by molar-refractivity contribution is 5.63. The predicted octanol–water partition coefficient (Wildman–Crippen LogP) is 1.98. The highest BCUT2D eigenvalue weighted by atomic mass is 16.1. The van der Waals surface area contributed by atoms with Crippen LogP contribution < -0.4 is 0 Å². The Morgan fingerprint density at radius 1 is 0.913 bits per heavy atom. The van der Waals surface area contributed by atoms with Crippen LogP contribution in [0.3, 0.4) is 0 Å². The molecule has 0 saturated carbocycles. The molecular formula is C17H15N5O. The van der Waals surface area contributed by atoms with Crippen LogP contribution in [0.4, 0.5) is 0 Å². The van der Waals surface area contributed by atoms with Crippen LogP contribution in [0.2, 0.25) is 0 Å².